The van der Waals surface area contributed by atoms with E-state index in [1.807, 2.05) is 30.3 Å². The van der Waals surface area contributed by atoms with Crippen molar-refractivity contribution in [3.63, 3.8) is 0 Å². The molecule has 0 aliphatic carbocycles. The fourth-order valence-corrected chi connectivity index (χ4v) is 2.80. The molecule has 1 unspecified atom stereocenters. The predicted molar refractivity (Wildman–Crippen MR) is 64.9 cm³/mol. The maximum absolute atomic E-state index is 11.3. The summed E-state index contributed by atoms with van der Waals surface area (Å²) in [6, 6.07) is 12.1. The number of rotatable bonds is 1. The van der Waals surface area contributed by atoms with E-state index in [1.54, 1.807) is 6.92 Å². The molecule has 1 aliphatic rings. The van der Waals surface area contributed by atoms with E-state index in [9.17, 15) is 4.79 Å². The van der Waals surface area contributed by atoms with Crippen LogP contribution < -0.4 is 4.74 Å². The summed E-state index contributed by atoms with van der Waals surface area (Å²) in [5.41, 5.74) is -0.374. The lowest BCUT2D eigenvalue weighted by Crippen LogP contribution is -2.16. The maximum atomic E-state index is 11.3. The molecule has 80 valence electrons. The lowest BCUT2D eigenvalue weighted by molar-refractivity contribution is -0.120. The third-order valence-electron chi connectivity index (χ3n) is 2.63. The van der Waals surface area contributed by atoms with Gasteiger partial charge in [0.25, 0.3) is 0 Å². The second kappa shape index (κ2) is 3.52. The second-order valence-electron chi connectivity index (χ2n) is 3.79. The Balaban J connectivity index is 2.17. The van der Waals surface area contributed by atoms with Crippen LogP contribution >= 0.6 is 11.8 Å². The van der Waals surface area contributed by atoms with Crippen LogP contribution in [0.1, 0.15) is 6.92 Å². The number of Topliss-reactive ketones (excluding diaryl/α,β-unsaturated/α-hetero) is 1. The summed E-state index contributed by atoms with van der Waals surface area (Å²) in [5.74, 6) is 0.911. The summed E-state index contributed by atoms with van der Waals surface area (Å²) in [4.78, 5) is 12.4. The van der Waals surface area contributed by atoms with E-state index in [0.717, 1.165) is 21.4 Å². The van der Waals surface area contributed by atoms with Crippen LogP contribution in [-0.2, 0) is 4.79 Å². The monoisotopic (exact) mass is 230 g/mol. The van der Waals surface area contributed by atoms with Gasteiger partial charge in [-0.3, -0.25) is 4.79 Å². The SMILES string of the molecule is CC(=O)C1Oc2c(ccc3ccccc23)S1. The van der Waals surface area contributed by atoms with Crippen molar-refractivity contribution in [1.29, 1.82) is 0 Å². The third kappa shape index (κ3) is 1.39. The molecule has 0 spiro atoms. The van der Waals surface area contributed by atoms with Crippen LogP contribution in [0.15, 0.2) is 41.3 Å². The van der Waals surface area contributed by atoms with Crippen molar-refractivity contribution in [2.24, 2.45) is 0 Å². The normalized spacial score (nSPS) is 18.2. The van der Waals surface area contributed by atoms with Crippen molar-refractivity contribution < 1.29 is 9.53 Å². The van der Waals surface area contributed by atoms with Crippen molar-refractivity contribution in [3.05, 3.63) is 36.4 Å². The van der Waals surface area contributed by atoms with Crippen LogP contribution in [0.2, 0.25) is 0 Å². The number of hydrogen-bond donors (Lipinski definition) is 0. The largest absolute Gasteiger partial charge is 0.470 e. The minimum atomic E-state index is -0.374. The summed E-state index contributed by atoms with van der Waals surface area (Å²) in [6.07, 6.45) is 0. The Labute approximate surface area is 97.6 Å². The van der Waals surface area contributed by atoms with Crippen LogP contribution in [0.3, 0.4) is 0 Å². The summed E-state index contributed by atoms with van der Waals surface area (Å²) < 4.78 is 5.70. The first kappa shape index (κ1) is 9.73. The molecule has 0 fully saturated rings. The standard InChI is InChI=1S/C13H10O2S/c1-8(14)13-15-12-10-5-3-2-4-9(10)6-7-11(12)16-13/h2-7,13H,1H3. The molecule has 2 aromatic carbocycles. The molecule has 1 heterocycles. The van der Waals surface area contributed by atoms with E-state index < -0.39 is 0 Å². The fraction of sp³-hybridized carbons (Fsp3) is 0.154. The smallest absolute Gasteiger partial charge is 0.206 e. The molecule has 0 aromatic heterocycles. The van der Waals surface area contributed by atoms with Gasteiger partial charge in [-0.2, -0.15) is 0 Å². The van der Waals surface area contributed by atoms with Gasteiger partial charge in [0.1, 0.15) is 5.75 Å². The quantitative estimate of drug-likeness (QED) is 0.752. The molecular weight excluding hydrogens is 220 g/mol. The van der Waals surface area contributed by atoms with Gasteiger partial charge in [0, 0.05) is 5.39 Å². The molecule has 0 N–H and O–H groups in total. The number of fused-ring (bicyclic) bond motifs is 3. The average Bonchev–Trinajstić information content (AvgIpc) is 2.73. The number of carbonyl (C=O) groups excluding carboxylic acids is 1. The highest BCUT2D eigenvalue weighted by molar-refractivity contribution is 8.00. The van der Waals surface area contributed by atoms with Crippen LogP contribution in [-0.4, -0.2) is 11.2 Å². The first-order valence-corrected chi connectivity index (χ1v) is 5.99. The second-order valence-corrected chi connectivity index (χ2v) is 4.90. The Hall–Kier alpha value is -1.48. The van der Waals surface area contributed by atoms with E-state index in [-0.39, 0.29) is 11.2 Å². The summed E-state index contributed by atoms with van der Waals surface area (Å²) >= 11 is 1.49. The Morgan fingerprint density at radius 3 is 2.88 bits per heavy atom. The van der Waals surface area contributed by atoms with Crippen molar-refractivity contribution in [1.82, 2.24) is 0 Å². The molecule has 0 saturated carbocycles. The number of thioether (sulfide) groups is 1. The lowest BCUT2D eigenvalue weighted by atomic mass is 10.1. The fourth-order valence-electron chi connectivity index (χ4n) is 1.85. The van der Waals surface area contributed by atoms with E-state index in [2.05, 4.69) is 6.07 Å². The number of ketones is 1. The Kier molecular flexibility index (Phi) is 2.14. The number of hydrogen-bond acceptors (Lipinski definition) is 3. The molecule has 2 aromatic rings. The zero-order valence-electron chi connectivity index (χ0n) is 8.77. The summed E-state index contributed by atoms with van der Waals surface area (Å²) in [5, 5.41) is 2.22. The van der Waals surface area contributed by atoms with Crippen LogP contribution in [0, 0.1) is 0 Å². The van der Waals surface area contributed by atoms with Crippen molar-refractivity contribution in [3.8, 4) is 5.75 Å². The minimum Gasteiger partial charge on any atom is -0.470 e. The van der Waals surface area contributed by atoms with Gasteiger partial charge in [-0.05, 0) is 18.4 Å². The van der Waals surface area contributed by atoms with Crippen LogP contribution in [0.25, 0.3) is 10.8 Å². The minimum absolute atomic E-state index is 0.0604. The van der Waals surface area contributed by atoms with Gasteiger partial charge < -0.3 is 4.74 Å². The van der Waals surface area contributed by atoms with Crippen LogP contribution in [0.5, 0.6) is 5.75 Å². The highest BCUT2D eigenvalue weighted by atomic mass is 32.2. The topological polar surface area (TPSA) is 26.3 Å². The Morgan fingerprint density at radius 1 is 1.25 bits per heavy atom. The molecule has 1 atom stereocenters. The molecular formula is C13H10O2S. The first-order chi connectivity index (χ1) is 7.75. The first-order valence-electron chi connectivity index (χ1n) is 5.11. The number of benzene rings is 2. The van der Waals surface area contributed by atoms with Gasteiger partial charge in [0.2, 0.25) is 5.44 Å². The predicted octanol–water partition coefficient (Wildman–Crippen LogP) is 3.24. The van der Waals surface area contributed by atoms with Crippen molar-refractivity contribution in [2.45, 2.75) is 17.3 Å². The maximum Gasteiger partial charge on any atom is 0.206 e. The van der Waals surface area contributed by atoms with Gasteiger partial charge in [-0.15, -0.1) is 0 Å². The highest BCUT2D eigenvalue weighted by Gasteiger charge is 2.28. The summed E-state index contributed by atoms with van der Waals surface area (Å²) in [6.45, 7) is 1.56. The van der Waals surface area contributed by atoms with Gasteiger partial charge in [-0.1, -0.05) is 42.1 Å². The summed E-state index contributed by atoms with van der Waals surface area (Å²) in [7, 11) is 0. The zero-order valence-corrected chi connectivity index (χ0v) is 9.58. The molecule has 2 nitrogen and oxygen atoms in total. The number of ether oxygens (including phenoxy) is 1. The Bertz CT molecular complexity index is 577. The van der Waals surface area contributed by atoms with E-state index in [0.29, 0.717) is 0 Å². The highest BCUT2D eigenvalue weighted by Crippen LogP contribution is 2.45. The molecule has 3 rings (SSSR count). The Morgan fingerprint density at radius 2 is 2.06 bits per heavy atom. The average molecular weight is 230 g/mol. The van der Waals surface area contributed by atoms with Gasteiger partial charge in [0.15, 0.2) is 5.78 Å². The zero-order chi connectivity index (χ0) is 11.1. The molecule has 0 radical (unpaired) electrons. The molecule has 3 heteroatoms. The van der Waals surface area contributed by atoms with Crippen LogP contribution in [0.4, 0.5) is 0 Å². The molecule has 0 amide bonds. The van der Waals surface area contributed by atoms with Crippen molar-refractivity contribution >= 4 is 28.3 Å². The van der Waals surface area contributed by atoms with E-state index in [4.69, 9.17) is 4.74 Å². The lowest BCUT2D eigenvalue weighted by Gasteiger charge is -2.06. The molecule has 16 heavy (non-hydrogen) atoms. The molecule has 0 saturated heterocycles. The van der Waals surface area contributed by atoms with Gasteiger partial charge in [0.05, 0.1) is 4.90 Å². The van der Waals surface area contributed by atoms with E-state index >= 15 is 0 Å². The molecule has 1 aliphatic heterocycles. The van der Waals surface area contributed by atoms with Gasteiger partial charge in [-0.25, -0.2) is 0 Å². The molecule has 0 bridgehead atoms. The number of carbonyl (C=O) groups is 1. The van der Waals surface area contributed by atoms with E-state index in [1.165, 1.54) is 11.8 Å². The van der Waals surface area contributed by atoms with Crippen molar-refractivity contribution in [2.75, 3.05) is 0 Å². The van der Waals surface area contributed by atoms with Gasteiger partial charge >= 0.3 is 0 Å². The third-order valence-corrected chi connectivity index (χ3v) is 3.85.